The Kier molecular flexibility index (Phi) is 5.95. The second-order valence-corrected chi connectivity index (χ2v) is 13.4. The van der Waals surface area contributed by atoms with Gasteiger partial charge in [0, 0.05) is 22.5 Å². The van der Waals surface area contributed by atoms with Crippen molar-refractivity contribution in [2.75, 3.05) is 6.61 Å². The van der Waals surface area contributed by atoms with Crippen LogP contribution in [0.15, 0.2) is 40.9 Å². The topological polar surface area (TPSA) is 67.9 Å². The van der Waals surface area contributed by atoms with Crippen molar-refractivity contribution < 1.29 is 22.3 Å². The monoisotopic (exact) mass is 545 g/mol. The summed E-state index contributed by atoms with van der Waals surface area (Å²) in [4.78, 5) is 0. The summed E-state index contributed by atoms with van der Waals surface area (Å²) in [5.41, 5.74) is -0.102. The first-order valence-corrected chi connectivity index (χ1v) is 13.0. The van der Waals surface area contributed by atoms with E-state index in [1.807, 2.05) is 37.3 Å². The summed E-state index contributed by atoms with van der Waals surface area (Å²) in [6.45, 7) is 7.41. The first-order chi connectivity index (χ1) is 14.8. The predicted molar refractivity (Wildman–Crippen MR) is 126 cm³/mol. The largest absolute Gasteiger partial charge is 0.480 e. The Morgan fingerprint density at radius 1 is 1.28 bits per heavy atom. The number of benzene rings is 2. The molecule has 2 aromatic carbocycles. The molecule has 1 N–H and O–H groups in total. The molecule has 3 atom stereocenters. The van der Waals surface area contributed by atoms with Gasteiger partial charge in [-0.15, -0.1) is 0 Å². The van der Waals surface area contributed by atoms with Crippen LogP contribution in [0.3, 0.4) is 0 Å². The zero-order valence-electron chi connectivity index (χ0n) is 18.3. The summed E-state index contributed by atoms with van der Waals surface area (Å²) in [6, 6.07) is 10.00. The summed E-state index contributed by atoms with van der Waals surface area (Å²) in [7, 11) is -3.74. The molecule has 2 aliphatic rings. The molecule has 0 bridgehead atoms. The minimum atomic E-state index is -3.74. The molecule has 4 rings (SSSR count). The van der Waals surface area contributed by atoms with E-state index in [4.69, 9.17) is 21.1 Å². The minimum absolute atomic E-state index is 0.0273. The second-order valence-electron chi connectivity index (χ2n) is 9.73. The van der Waals surface area contributed by atoms with Crippen molar-refractivity contribution in [1.29, 1.82) is 0 Å². The molecular weight excluding hydrogens is 521 g/mol. The Morgan fingerprint density at radius 2 is 1.91 bits per heavy atom. The predicted octanol–water partition coefficient (Wildman–Crippen LogP) is 5.34. The molecule has 0 radical (unpaired) electrons. The van der Waals surface area contributed by atoms with E-state index in [0.717, 1.165) is 5.56 Å². The van der Waals surface area contributed by atoms with Gasteiger partial charge >= 0.3 is 0 Å². The molecule has 32 heavy (non-hydrogen) atoms. The maximum Gasteiger partial charge on any atom is 0.216 e. The molecule has 2 unspecified atom stereocenters. The molecule has 9 heteroatoms. The maximum atomic E-state index is 14.4. The van der Waals surface area contributed by atoms with Crippen LogP contribution in [0.1, 0.15) is 45.2 Å². The van der Waals surface area contributed by atoms with Crippen molar-refractivity contribution in [3.8, 4) is 5.75 Å². The van der Waals surface area contributed by atoms with E-state index in [1.54, 1.807) is 20.8 Å². The first kappa shape index (κ1) is 24.0. The van der Waals surface area contributed by atoms with E-state index in [0.29, 0.717) is 35.2 Å². The van der Waals surface area contributed by atoms with Gasteiger partial charge in [0.2, 0.25) is 10.0 Å². The van der Waals surface area contributed by atoms with Gasteiger partial charge in [-0.2, -0.15) is 0 Å². The van der Waals surface area contributed by atoms with E-state index in [9.17, 15) is 12.8 Å². The Balaban J connectivity index is 1.87. The highest BCUT2D eigenvalue weighted by atomic mass is 79.9. The van der Waals surface area contributed by atoms with Crippen LogP contribution < -0.4 is 9.46 Å². The summed E-state index contributed by atoms with van der Waals surface area (Å²) >= 11 is 9.56. The van der Waals surface area contributed by atoms with Crippen molar-refractivity contribution in [3.63, 3.8) is 0 Å². The molecular formula is C23H26BrClFNO4S. The van der Waals surface area contributed by atoms with Crippen molar-refractivity contribution in [1.82, 2.24) is 4.72 Å². The van der Waals surface area contributed by atoms with Crippen molar-refractivity contribution >= 4 is 37.6 Å². The van der Waals surface area contributed by atoms with Crippen molar-refractivity contribution in [3.05, 3.63) is 62.8 Å². The average molecular weight is 547 g/mol. The Morgan fingerprint density at radius 3 is 2.47 bits per heavy atom. The van der Waals surface area contributed by atoms with Gasteiger partial charge in [-0.3, -0.25) is 0 Å². The zero-order chi connectivity index (χ0) is 23.5. The van der Waals surface area contributed by atoms with Crippen molar-refractivity contribution in [2.45, 2.75) is 62.5 Å². The van der Waals surface area contributed by atoms with E-state index < -0.39 is 37.8 Å². The van der Waals surface area contributed by atoms with E-state index in [1.165, 1.54) is 6.07 Å². The standard InChI is InChI=1S/C23H26BrClFNO4S/c1-21(2,3)32(28,29)27-18(12-22(4)13-30-22)23(14-8-6-5-7-9-14)11-15-17(31-23)10-16(26)20(25)19(15)24/h5-10,18,27H,11-13H2,1-4H3/t18?,22?,23-/m0/s1. The van der Waals surface area contributed by atoms with Gasteiger partial charge in [-0.05, 0) is 55.6 Å². The number of epoxide rings is 1. The van der Waals surface area contributed by atoms with E-state index in [-0.39, 0.29) is 5.02 Å². The lowest BCUT2D eigenvalue weighted by Gasteiger charge is -2.39. The van der Waals surface area contributed by atoms with Gasteiger partial charge in [-0.25, -0.2) is 17.5 Å². The summed E-state index contributed by atoms with van der Waals surface area (Å²) < 4.78 is 55.3. The molecule has 5 nitrogen and oxygen atoms in total. The highest BCUT2D eigenvalue weighted by molar-refractivity contribution is 9.10. The van der Waals surface area contributed by atoms with E-state index >= 15 is 0 Å². The second kappa shape index (κ2) is 7.94. The quantitative estimate of drug-likeness (QED) is 0.392. The highest BCUT2D eigenvalue weighted by Crippen LogP contribution is 2.51. The normalized spacial score (nSPS) is 25.8. The number of rotatable bonds is 6. The van der Waals surface area contributed by atoms with Gasteiger partial charge in [0.25, 0.3) is 0 Å². The zero-order valence-corrected chi connectivity index (χ0v) is 21.5. The van der Waals surface area contributed by atoms with Crippen LogP contribution in [0.2, 0.25) is 5.02 Å². The van der Waals surface area contributed by atoms with Gasteiger partial charge in [-0.1, -0.05) is 41.9 Å². The SMILES string of the molecule is CC1(CC(NS(=O)(=O)C(C)(C)C)[C@@]2(c3ccccc3)Cc3c(cc(F)c(Cl)c3Br)O2)CO1. The molecule has 0 aromatic heterocycles. The molecule has 174 valence electrons. The smallest absolute Gasteiger partial charge is 0.216 e. The van der Waals surface area contributed by atoms with Gasteiger partial charge in [0.05, 0.1) is 28.0 Å². The van der Waals surface area contributed by atoms with Crippen LogP contribution in [-0.4, -0.2) is 31.4 Å². The van der Waals surface area contributed by atoms with E-state index in [2.05, 4.69) is 20.7 Å². The summed E-state index contributed by atoms with van der Waals surface area (Å²) in [5, 5.41) is -0.0273. The number of fused-ring (bicyclic) bond motifs is 1. The van der Waals surface area contributed by atoms with Crippen LogP contribution >= 0.6 is 27.5 Å². The first-order valence-electron chi connectivity index (χ1n) is 10.3. The lowest BCUT2D eigenvalue weighted by molar-refractivity contribution is 0.0421. The number of hydrogen-bond donors (Lipinski definition) is 1. The molecule has 0 saturated carbocycles. The van der Waals surface area contributed by atoms with Gasteiger partial charge in [0.1, 0.15) is 11.6 Å². The third-order valence-corrected chi connectivity index (χ3v) is 9.84. The highest BCUT2D eigenvalue weighted by Gasteiger charge is 2.55. The molecule has 1 fully saturated rings. The molecule has 1 saturated heterocycles. The third kappa shape index (κ3) is 4.20. The van der Waals surface area contributed by atoms with Crippen LogP contribution in [-0.2, 0) is 26.8 Å². The average Bonchev–Trinajstić information content (AvgIpc) is 3.30. The molecule has 0 spiro atoms. The third-order valence-electron chi connectivity index (χ3n) is 6.16. The van der Waals surface area contributed by atoms with Gasteiger partial charge in [0.15, 0.2) is 5.60 Å². The Labute approximate surface area is 201 Å². The number of ether oxygens (including phenoxy) is 2. The van der Waals surface area contributed by atoms with Gasteiger partial charge < -0.3 is 9.47 Å². The summed E-state index contributed by atoms with van der Waals surface area (Å²) in [5.74, 6) is -0.269. The Bertz CT molecular complexity index is 1150. The number of sulfonamides is 1. The molecule has 2 heterocycles. The fraction of sp³-hybridized carbons (Fsp3) is 0.478. The number of hydrogen-bond acceptors (Lipinski definition) is 4. The van der Waals surface area contributed by atoms with Crippen LogP contribution in [0.4, 0.5) is 4.39 Å². The van der Waals surface area contributed by atoms with Crippen LogP contribution in [0.5, 0.6) is 5.75 Å². The molecule has 0 aliphatic carbocycles. The molecule has 0 amide bonds. The van der Waals surface area contributed by atoms with Crippen LogP contribution in [0, 0.1) is 5.82 Å². The Hall–Kier alpha value is -1.19. The fourth-order valence-electron chi connectivity index (χ4n) is 3.98. The van der Waals surface area contributed by atoms with Crippen LogP contribution in [0.25, 0.3) is 0 Å². The fourth-order valence-corrected chi connectivity index (χ4v) is 5.67. The summed E-state index contributed by atoms with van der Waals surface area (Å²) in [6.07, 6.45) is 0.694. The molecule has 2 aromatic rings. The lowest BCUT2D eigenvalue weighted by atomic mass is 9.79. The number of halogens is 3. The lowest BCUT2D eigenvalue weighted by Crippen LogP contribution is -2.57. The molecule has 2 aliphatic heterocycles. The van der Waals surface area contributed by atoms with Crippen molar-refractivity contribution in [2.24, 2.45) is 0 Å². The minimum Gasteiger partial charge on any atom is -0.480 e. The number of nitrogens with one attached hydrogen (secondary N) is 1. The maximum absolute atomic E-state index is 14.4.